The number of allylic oxidation sites excluding steroid dienone is 1. The summed E-state index contributed by atoms with van der Waals surface area (Å²) in [6.07, 6.45) is 2.65. The molecule has 0 bridgehead atoms. The fourth-order valence-corrected chi connectivity index (χ4v) is 4.71. The highest BCUT2D eigenvalue weighted by molar-refractivity contribution is 5.82. The summed E-state index contributed by atoms with van der Waals surface area (Å²) in [4.78, 5) is 12.3. The molecule has 0 aliphatic heterocycles. The number of carbonyl (C=O) groups excluding carboxylic acids is 1. The van der Waals surface area contributed by atoms with Crippen LogP contribution in [0.5, 0.6) is 0 Å². The highest BCUT2D eigenvalue weighted by Gasteiger charge is 2.56. The summed E-state index contributed by atoms with van der Waals surface area (Å²) in [5, 5.41) is 21.2. The number of hydrogen-bond acceptors (Lipinski definition) is 4. The van der Waals surface area contributed by atoms with Crippen molar-refractivity contribution in [3.05, 3.63) is 23.8 Å². The van der Waals surface area contributed by atoms with E-state index in [0.717, 1.165) is 30.4 Å². The fraction of sp³-hybridized carbons (Fsp3) is 0.762. The maximum Gasteiger partial charge on any atom is 0.331 e. The number of aliphatic hydroxyl groups excluding tert-OH is 2. The van der Waals surface area contributed by atoms with Gasteiger partial charge in [0.05, 0.1) is 12.2 Å². The predicted molar refractivity (Wildman–Crippen MR) is 98.9 cm³/mol. The van der Waals surface area contributed by atoms with Crippen LogP contribution in [0.1, 0.15) is 60.3 Å². The molecule has 2 saturated carbocycles. The van der Waals surface area contributed by atoms with Gasteiger partial charge in [-0.15, -0.1) is 0 Å². The minimum atomic E-state index is -0.771. The number of rotatable bonds is 4. The predicted octanol–water partition coefficient (Wildman–Crippen LogP) is 3.62. The van der Waals surface area contributed by atoms with Crippen LogP contribution in [0.3, 0.4) is 0 Å². The first-order valence-corrected chi connectivity index (χ1v) is 9.49. The van der Waals surface area contributed by atoms with Gasteiger partial charge in [-0.3, -0.25) is 0 Å². The number of aliphatic hydroxyl groups is 2. The van der Waals surface area contributed by atoms with Crippen molar-refractivity contribution in [2.75, 3.05) is 0 Å². The minimum absolute atomic E-state index is 0.0452. The maximum absolute atomic E-state index is 12.3. The van der Waals surface area contributed by atoms with E-state index in [4.69, 9.17) is 4.74 Å². The average molecular weight is 350 g/mol. The van der Waals surface area contributed by atoms with E-state index in [0.29, 0.717) is 12.3 Å². The van der Waals surface area contributed by atoms with Crippen molar-refractivity contribution in [2.45, 2.75) is 78.6 Å². The van der Waals surface area contributed by atoms with Crippen LogP contribution in [-0.4, -0.2) is 34.5 Å². The summed E-state index contributed by atoms with van der Waals surface area (Å²) in [5.41, 5.74) is 1.79. The van der Waals surface area contributed by atoms with Gasteiger partial charge in [-0.05, 0) is 50.9 Å². The van der Waals surface area contributed by atoms with E-state index < -0.39 is 24.3 Å². The lowest BCUT2D eigenvalue weighted by Crippen LogP contribution is -2.59. The summed E-state index contributed by atoms with van der Waals surface area (Å²) < 4.78 is 5.77. The standard InChI is InChI=1S/C21H34O4/c1-7-13(4)8-18(23)25-20-17-10-15(22)9-14(5)21(17,6)11-16(12(2)3)19(20)24/h8,14-17,19-20,22,24H,2,7,9-11H2,1,3-6H3/b13-8+/t14-,15-,16+,17-,19+,20-,21+/m0/s1. The summed E-state index contributed by atoms with van der Waals surface area (Å²) in [6.45, 7) is 14.2. The van der Waals surface area contributed by atoms with Crippen molar-refractivity contribution < 1.29 is 19.7 Å². The Morgan fingerprint density at radius 3 is 2.52 bits per heavy atom. The van der Waals surface area contributed by atoms with Crippen LogP contribution in [0.2, 0.25) is 0 Å². The number of carbonyl (C=O) groups is 1. The minimum Gasteiger partial charge on any atom is -0.456 e. The van der Waals surface area contributed by atoms with Crippen molar-refractivity contribution in [1.29, 1.82) is 0 Å². The van der Waals surface area contributed by atoms with Gasteiger partial charge >= 0.3 is 5.97 Å². The Bertz CT molecular complexity index is 552. The zero-order valence-corrected chi connectivity index (χ0v) is 16.3. The fourth-order valence-electron chi connectivity index (χ4n) is 4.71. The summed E-state index contributed by atoms with van der Waals surface area (Å²) in [7, 11) is 0. The lowest BCUT2D eigenvalue weighted by Gasteiger charge is -2.57. The number of hydrogen-bond donors (Lipinski definition) is 2. The molecule has 2 fully saturated rings. The number of esters is 1. The van der Waals surface area contributed by atoms with E-state index in [2.05, 4.69) is 20.4 Å². The molecule has 0 saturated heterocycles. The third-order valence-corrected chi connectivity index (χ3v) is 6.74. The molecule has 0 aromatic carbocycles. The van der Waals surface area contributed by atoms with Gasteiger partial charge < -0.3 is 14.9 Å². The van der Waals surface area contributed by atoms with Crippen LogP contribution in [-0.2, 0) is 9.53 Å². The van der Waals surface area contributed by atoms with Gasteiger partial charge in [0.15, 0.2) is 0 Å². The Hall–Kier alpha value is -1.13. The van der Waals surface area contributed by atoms with Gasteiger partial charge in [0.25, 0.3) is 0 Å². The molecule has 2 aliphatic rings. The van der Waals surface area contributed by atoms with Crippen molar-refractivity contribution in [1.82, 2.24) is 0 Å². The van der Waals surface area contributed by atoms with Crippen LogP contribution in [0, 0.1) is 23.2 Å². The summed E-state index contributed by atoms with van der Waals surface area (Å²) in [5.74, 6) is -0.241. The molecule has 4 heteroatoms. The summed E-state index contributed by atoms with van der Waals surface area (Å²) >= 11 is 0. The van der Waals surface area contributed by atoms with Crippen molar-refractivity contribution >= 4 is 5.97 Å². The first-order chi connectivity index (χ1) is 11.6. The SMILES string of the molecule is C=C(C)[C@H]1C[C@]2(C)[C@@H](C)C[C@H](O)C[C@H]2[C@H](OC(=O)/C=C(\C)CC)[C@@H]1O. The van der Waals surface area contributed by atoms with E-state index in [1.54, 1.807) is 0 Å². The molecule has 0 unspecified atom stereocenters. The zero-order chi connectivity index (χ0) is 18.9. The highest BCUT2D eigenvalue weighted by atomic mass is 16.6. The highest BCUT2D eigenvalue weighted by Crippen LogP contribution is 2.56. The third-order valence-electron chi connectivity index (χ3n) is 6.74. The average Bonchev–Trinajstić information content (AvgIpc) is 2.52. The Morgan fingerprint density at radius 1 is 1.32 bits per heavy atom. The Labute approximate surface area is 152 Å². The van der Waals surface area contributed by atoms with Gasteiger partial charge in [0.2, 0.25) is 0 Å². The molecule has 25 heavy (non-hydrogen) atoms. The zero-order valence-electron chi connectivity index (χ0n) is 16.3. The molecular formula is C21H34O4. The second kappa shape index (κ2) is 7.63. The normalized spacial score (nSPS) is 41.8. The molecule has 2 aliphatic carbocycles. The molecule has 0 aromatic heterocycles. The second-order valence-corrected chi connectivity index (χ2v) is 8.53. The molecular weight excluding hydrogens is 316 g/mol. The molecule has 0 amide bonds. The lowest BCUT2D eigenvalue weighted by atomic mass is 9.51. The lowest BCUT2D eigenvalue weighted by molar-refractivity contribution is -0.193. The van der Waals surface area contributed by atoms with Crippen LogP contribution in [0.4, 0.5) is 0 Å². The Kier molecular flexibility index (Phi) is 6.16. The smallest absolute Gasteiger partial charge is 0.331 e. The molecule has 142 valence electrons. The van der Waals surface area contributed by atoms with Gasteiger partial charge in [-0.25, -0.2) is 4.79 Å². The van der Waals surface area contributed by atoms with Gasteiger partial charge in [0, 0.05) is 17.9 Å². The molecule has 0 spiro atoms. The van der Waals surface area contributed by atoms with Crippen LogP contribution < -0.4 is 0 Å². The van der Waals surface area contributed by atoms with Crippen LogP contribution >= 0.6 is 0 Å². The van der Waals surface area contributed by atoms with Crippen molar-refractivity contribution in [3.8, 4) is 0 Å². The van der Waals surface area contributed by atoms with E-state index in [1.165, 1.54) is 6.08 Å². The quantitative estimate of drug-likeness (QED) is 0.462. The largest absolute Gasteiger partial charge is 0.456 e. The topological polar surface area (TPSA) is 66.8 Å². The van der Waals surface area contributed by atoms with Gasteiger partial charge in [-0.1, -0.05) is 38.5 Å². The monoisotopic (exact) mass is 350 g/mol. The Morgan fingerprint density at radius 2 is 1.96 bits per heavy atom. The van der Waals surface area contributed by atoms with E-state index >= 15 is 0 Å². The van der Waals surface area contributed by atoms with E-state index in [-0.39, 0.29) is 17.3 Å². The van der Waals surface area contributed by atoms with Gasteiger partial charge in [-0.2, -0.15) is 0 Å². The van der Waals surface area contributed by atoms with E-state index in [1.807, 2.05) is 20.8 Å². The molecule has 4 nitrogen and oxygen atoms in total. The molecule has 0 heterocycles. The second-order valence-electron chi connectivity index (χ2n) is 8.53. The van der Waals surface area contributed by atoms with Gasteiger partial charge in [0.1, 0.15) is 6.10 Å². The molecule has 2 N–H and O–H groups in total. The molecule has 0 radical (unpaired) electrons. The third kappa shape index (κ3) is 4.01. The molecule has 2 rings (SSSR count). The van der Waals surface area contributed by atoms with E-state index in [9.17, 15) is 15.0 Å². The maximum atomic E-state index is 12.3. The number of fused-ring (bicyclic) bond motifs is 1. The van der Waals surface area contributed by atoms with Crippen LogP contribution in [0.15, 0.2) is 23.8 Å². The first-order valence-electron chi connectivity index (χ1n) is 9.49. The first kappa shape index (κ1) is 20.2. The van der Waals surface area contributed by atoms with Crippen LogP contribution in [0.25, 0.3) is 0 Å². The van der Waals surface area contributed by atoms with Crippen molar-refractivity contribution in [2.24, 2.45) is 23.2 Å². The molecule has 0 aromatic rings. The Balaban J connectivity index is 2.35. The summed E-state index contributed by atoms with van der Waals surface area (Å²) in [6, 6.07) is 0. The molecule has 7 atom stereocenters. The number of ether oxygens (including phenoxy) is 1. The van der Waals surface area contributed by atoms with Crippen molar-refractivity contribution in [3.63, 3.8) is 0 Å².